The van der Waals surface area contributed by atoms with Crippen LogP contribution in [0.25, 0.3) is 0 Å². The molecule has 2 unspecified atom stereocenters. The molecule has 0 aromatic carbocycles. The van der Waals surface area contributed by atoms with Crippen molar-refractivity contribution in [2.45, 2.75) is 46.5 Å². The summed E-state index contributed by atoms with van der Waals surface area (Å²) < 4.78 is 0. The van der Waals surface area contributed by atoms with Gasteiger partial charge in [0, 0.05) is 0 Å². The number of rotatable bonds is 4. The molecule has 1 nitrogen and oxygen atoms in total. The Kier molecular flexibility index (Phi) is 1.99. The molecule has 13 heavy (non-hydrogen) atoms. The molecule has 1 heteroatoms. The van der Waals surface area contributed by atoms with Gasteiger partial charge in [-0.25, -0.2) is 0 Å². The normalized spacial score (nSPS) is 38.8. The van der Waals surface area contributed by atoms with E-state index in [0.717, 1.165) is 18.4 Å². The summed E-state index contributed by atoms with van der Waals surface area (Å²) in [5.74, 6) is 1.96. The maximum Gasteiger partial charge on any atom is -0.00151 e. The highest BCUT2D eigenvalue weighted by molar-refractivity contribution is 5.10. The van der Waals surface area contributed by atoms with E-state index >= 15 is 0 Å². The van der Waals surface area contributed by atoms with Crippen LogP contribution in [0.2, 0.25) is 0 Å². The second-order valence-corrected chi connectivity index (χ2v) is 6.06. The summed E-state index contributed by atoms with van der Waals surface area (Å²) in [6.45, 7) is 8.07. The summed E-state index contributed by atoms with van der Waals surface area (Å²) in [5, 5.41) is 0. The van der Waals surface area contributed by atoms with Crippen LogP contribution >= 0.6 is 0 Å². The first-order chi connectivity index (χ1) is 6.01. The number of hydrogen-bond donors (Lipinski definition) is 1. The van der Waals surface area contributed by atoms with Gasteiger partial charge < -0.3 is 5.73 Å². The Morgan fingerprint density at radius 3 is 2.23 bits per heavy atom. The lowest BCUT2D eigenvalue weighted by Crippen LogP contribution is -2.23. The van der Waals surface area contributed by atoms with Crippen LogP contribution in [0.3, 0.4) is 0 Å². The summed E-state index contributed by atoms with van der Waals surface area (Å²) >= 11 is 0. The van der Waals surface area contributed by atoms with Crippen LogP contribution in [0.5, 0.6) is 0 Å². The first kappa shape index (κ1) is 9.51. The Labute approximate surface area is 82.1 Å². The standard InChI is InChI=1S/C12H23N/c1-9(10-4-5-10)6-12(8-13)7-11(12,2)3/h9-10H,4-8,13H2,1-3H3. The average molecular weight is 181 g/mol. The lowest BCUT2D eigenvalue weighted by atomic mass is 9.84. The molecule has 2 saturated carbocycles. The quantitative estimate of drug-likeness (QED) is 0.709. The molecular formula is C12H23N. The summed E-state index contributed by atoms with van der Waals surface area (Å²) in [6.07, 6.45) is 5.68. The van der Waals surface area contributed by atoms with E-state index in [1.165, 1.54) is 25.7 Å². The fraction of sp³-hybridized carbons (Fsp3) is 1.00. The maximum atomic E-state index is 5.91. The molecule has 2 N–H and O–H groups in total. The van der Waals surface area contributed by atoms with Crippen LogP contribution < -0.4 is 5.73 Å². The van der Waals surface area contributed by atoms with E-state index < -0.39 is 0 Å². The van der Waals surface area contributed by atoms with Crippen LogP contribution in [0.4, 0.5) is 0 Å². The molecule has 0 radical (unpaired) electrons. The van der Waals surface area contributed by atoms with Crippen LogP contribution in [-0.4, -0.2) is 6.54 Å². The van der Waals surface area contributed by atoms with Crippen molar-refractivity contribution in [3.8, 4) is 0 Å². The Balaban J connectivity index is 1.92. The van der Waals surface area contributed by atoms with Crippen molar-refractivity contribution in [1.29, 1.82) is 0 Å². The third-order valence-electron chi connectivity index (χ3n) is 4.62. The SMILES string of the molecule is CC(CC1(CN)CC1(C)C)C1CC1. The zero-order valence-corrected chi connectivity index (χ0v) is 9.27. The zero-order chi connectivity index (χ0) is 9.69. The summed E-state index contributed by atoms with van der Waals surface area (Å²) in [5.41, 5.74) is 6.95. The molecule has 76 valence electrons. The topological polar surface area (TPSA) is 26.0 Å². The second kappa shape index (κ2) is 2.73. The Morgan fingerprint density at radius 1 is 1.38 bits per heavy atom. The molecule has 0 aliphatic heterocycles. The molecule has 0 bridgehead atoms. The van der Waals surface area contributed by atoms with E-state index in [0.29, 0.717) is 10.8 Å². The van der Waals surface area contributed by atoms with E-state index in [2.05, 4.69) is 20.8 Å². The molecule has 0 heterocycles. The van der Waals surface area contributed by atoms with Crippen molar-refractivity contribution in [2.75, 3.05) is 6.54 Å². The van der Waals surface area contributed by atoms with Gasteiger partial charge in [-0.3, -0.25) is 0 Å². The zero-order valence-electron chi connectivity index (χ0n) is 9.27. The fourth-order valence-electron chi connectivity index (χ4n) is 3.03. The average Bonchev–Trinajstić information content (AvgIpc) is 2.88. The van der Waals surface area contributed by atoms with E-state index in [9.17, 15) is 0 Å². The van der Waals surface area contributed by atoms with Gasteiger partial charge in [0.2, 0.25) is 0 Å². The highest BCUT2D eigenvalue weighted by Gasteiger charge is 2.60. The monoisotopic (exact) mass is 181 g/mol. The molecule has 2 atom stereocenters. The summed E-state index contributed by atoms with van der Waals surface area (Å²) in [7, 11) is 0. The van der Waals surface area contributed by atoms with Crippen molar-refractivity contribution in [2.24, 2.45) is 28.4 Å². The summed E-state index contributed by atoms with van der Waals surface area (Å²) in [6, 6.07) is 0. The Morgan fingerprint density at radius 2 is 1.92 bits per heavy atom. The Bertz CT molecular complexity index is 205. The molecule has 2 aliphatic carbocycles. The fourth-order valence-corrected chi connectivity index (χ4v) is 3.03. The highest BCUT2D eigenvalue weighted by atomic mass is 14.7. The molecule has 2 aliphatic rings. The second-order valence-electron chi connectivity index (χ2n) is 6.06. The molecule has 0 saturated heterocycles. The molecule has 2 rings (SSSR count). The van der Waals surface area contributed by atoms with Gasteiger partial charge >= 0.3 is 0 Å². The number of hydrogen-bond acceptors (Lipinski definition) is 1. The smallest absolute Gasteiger partial charge is 0.00151 e. The molecule has 0 spiro atoms. The lowest BCUT2D eigenvalue weighted by Gasteiger charge is -2.22. The van der Waals surface area contributed by atoms with Crippen LogP contribution in [0.15, 0.2) is 0 Å². The Hall–Kier alpha value is -0.0400. The largest absolute Gasteiger partial charge is 0.330 e. The minimum Gasteiger partial charge on any atom is -0.330 e. The predicted molar refractivity (Wildman–Crippen MR) is 56.4 cm³/mol. The van der Waals surface area contributed by atoms with Crippen LogP contribution in [0.1, 0.15) is 46.5 Å². The van der Waals surface area contributed by atoms with Crippen molar-refractivity contribution in [1.82, 2.24) is 0 Å². The number of nitrogens with two attached hydrogens (primary N) is 1. The highest BCUT2D eigenvalue weighted by Crippen LogP contribution is 2.66. The molecular weight excluding hydrogens is 158 g/mol. The molecule has 2 fully saturated rings. The minimum absolute atomic E-state index is 0.509. The van der Waals surface area contributed by atoms with E-state index in [1.54, 1.807) is 0 Å². The van der Waals surface area contributed by atoms with E-state index in [-0.39, 0.29) is 0 Å². The van der Waals surface area contributed by atoms with Crippen molar-refractivity contribution in [3.63, 3.8) is 0 Å². The molecule has 0 aromatic heterocycles. The predicted octanol–water partition coefficient (Wildman–Crippen LogP) is 2.80. The van der Waals surface area contributed by atoms with E-state index in [4.69, 9.17) is 5.73 Å². The van der Waals surface area contributed by atoms with Gasteiger partial charge in [-0.2, -0.15) is 0 Å². The van der Waals surface area contributed by atoms with Gasteiger partial charge in [0.05, 0.1) is 0 Å². The van der Waals surface area contributed by atoms with Gasteiger partial charge in [0.25, 0.3) is 0 Å². The molecule has 0 amide bonds. The van der Waals surface area contributed by atoms with Crippen molar-refractivity contribution < 1.29 is 0 Å². The van der Waals surface area contributed by atoms with Gasteiger partial charge in [-0.05, 0) is 54.9 Å². The van der Waals surface area contributed by atoms with Crippen LogP contribution in [0, 0.1) is 22.7 Å². The van der Waals surface area contributed by atoms with Gasteiger partial charge in [0.1, 0.15) is 0 Å². The van der Waals surface area contributed by atoms with Crippen LogP contribution in [-0.2, 0) is 0 Å². The third kappa shape index (κ3) is 1.52. The van der Waals surface area contributed by atoms with Crippen molar-refractivity contribution >= 4 is 0 Å². The third-order valence-corrected chi connectivity index (χ3v) is 4.62. The maximum absolute atomic E-state index is 5.91. The first-order valence-corrected chi connectivity index (χ1v) is 5.71. The van der Waals surface area contributed by atoms with Gasteiger partial charge in [-0.15, -0.1) is 0 Å². The van der Waals surface area contributed by atoms with E-state index in [1.807, 2.05) is 0 Å². The lowest BCUT2D eigenvalue weighted by molar-refractivity contribution is 0.290. The van der Waals surface area contributed by atoms with Crippen molar-refractivity contribution in [3.05, 3.63) is 0 Å². The minimum atomic E-state index is 0.509. The first-order valence-electron chi connectivity index (χ1n) is 5.71. The van der Waals surface area contributed by atoms with Gasteiger partial charge in [0.15, 0.2) is 0 Å². The molecule has 0 aromatic rings. The summed E-state index contributed by atoms with van der Waals surface area (Å²) in [4.78, 5) is 0. The van der Waals surface area contributed by atoms with Gasteiger partial charge in [-0.1, -0.05) is 20.8 Å².